The molecule has 0 saturated carbocycles. The van der Waals surface area contributed by atoms with Crippen LogP contribution in [0.1, 0.15) is 34.3 Å². The monoisotopic (exact) mass is 392 g/mol. The fraction of sp³-hybridized carbons (Fsp3) is 0.526. The summed E-state index contributed by atoms with van der Waals surface area (Å²) in [4.78, 5) is 37.7. The Kier molecular flexibility index (Phi) is 5.11. The van der Waals surface area contributed by atoms with Gasteiger partial charge in [0.05, 0.1) is 6.04 Å². The number of nitrogens with zero attached hydrogens (tertiary/aromatic N) is 1. The van der Waals surface area contributed by atoms with Crippen LogP contribution < -0.4 is 16.0 Å². The Morgan fingerprint density at radius 2 is 2.00 bits per heavy atom. The van der Waals surface area contributed by atoms with Crippen LogP contribution in [-0.2, 0) is 22.7 Å². The molecule has 1 aromatic carbocycles. The van der Waals surface area contributed by atoms with E-state index in [1.807, 2.05) is 6.07 Å². The number of imide groups is 1. The Bertz CT molecular complexity index is 812. The molecule has 0 spiro atoms. The van der Waals surface area contributed by atoms with Crippen LogP contribution in [0.25, 0.3) is 0 Å². The standard InChI is InChI=1S/C19H22F2N4O3/c20-17(21)16(12-7-22-8-12)23-6-10-1-2-11-9-25(19(28)13(11)5-10)14-3-4-15(26)24-18(14)27/h1-2,5,12,14,16-17,22-23H,3-4,6-9H2,(H,24,26,27). The average molecular weight is 392 g/mol. The summed E-state index contributed by atoms with van der Waals surface area (Å²) in [6, 6.07) is 3.78. The van der Waals surface area contributed by atoms with Crippen molar-refractivity contribution < 1.29 is 23.2 Å². The molecule has 9 heteroatoms. The van der Waals surface area contributed by atoms with Crippen molar-refractivity contribution in [3.63, 3.8) is 0 Å². The largest absolute Gasteiger partial charge is 0.322 e. The maximum absolute atomic E-state index is 13.3. The van der Waals surface area contributed by atoms with Crippen molar-refractivity contribution in [3.05, 3.63) is 34.9 Å². The lowest BCUT2D eigenvalue weighted by Gasteiger charge is -2.34. The van der Waals surface area contributed by atoms with Gasteiger partial charge in [0.15, 0.2) is 0 Å². The highest BCUT2D eigenvalue weighted by Gasteiger charge is 2.39. The summed E-state index contributed by atoms with van der Waals surface area (Å²) in [5.74, 6) is -1.14. The summed E-state index contributed by atoms with van der Waals surface area (Å²) < 4.78 is 26.5. The van der Waals surface area contributed by atoms with Gasteiger partial charge in [0, 0.05) is 44.1 Å². The van der Waals surface area contributed by atoms with Crippen molar-refractivity contribution in [1.82, 2.24) is 20.9 Å². The first kappa shape index (κ1) is 18.9. The van der Waals surface area contributed by atoms with Gasteiger partial charge in [-0.2, -0.15) is 0 Å². The van der Waals surface area contributed by atoms with Crippen LogP contribution in [0, 0.1) is 5.92 Å². The molecule has 3 heterocycles. The molecule has 2 saturated heterocycles. The van der Waals surface area contributed by atoms with Gasteiger partial charge >= 0.3 is 0 Å². The van der Waals surface area contributed by atoms with Gasteiger partial charge in [-0.1, -0.05) is 12.1 Å². The summed E-state index contributed by atoms with van der Waals surface area (Å²) in [5.41, 5.74) is 2.03. The highest BCUT2D eigenvalue weighted by Crippen LogP contribution is 2.28. The normalized spacial score (nSPS) is 23.6. The number of fused-ring (bicyclic) bond motifs is 1. The Hall–Kier alpha value is -2.39. The Morgan fingerprint density at radius 1 is 1.21 bits per heavy atom. The van der Waals surface area contributed by atoms with E-state index in [-0.39, 0.29) is 30.7 Å². The maximum atomic E-state index is 13.3. The number of carbonyl (C=O) groups is 3. The van der Waals surface area contributed by atoms with E-state index >= 15 is 0 Å². The van der Waals surface area contributed by atoms with Crippen LogP contribution in [0.2, 0.25) is 0 Å². The van der Waals surface area contributed by atoms with E-state index < -0.39 is 24.4 Å². The molecule has 0 bridgehead atoms. The van der Waals surface area contributed by atoms with Gasteiger partial charge in [-0.25, -0.2) is 8.78 Å². The lowest BCUT2D eigenvalue weighted by Crippen LogP contribution is -2.56. The molecule has 150 valence electrons. The first-order valence-corrected chi connectivity index (χ1v) is 9.42. The number of hydrogen-bond donors (Lipinski definition) is 3. The molecule has 2 unspecified atom stereocenters. The Morgan fingerprint density at radius 3 is 2.64 bits per heavy atom. The van der Waals surface area contributed by atoms with E-state index in [1.54, 1.807) is 12.1 Å². The highest BCUT2D eigenvalue weighted by molar-refractivity contribution is 6.05. The zero-order valence-electron chi connectivity index (χ0n) is 15.2. The van der Waals surface area contributed by atoms with Crippen LogP contribution >= 0.6 is 0 Å². The highest BCUT2D eigenvalue weighted by atomic mass is 19.3. The van der Waals surface area contributed by atoms with Crippen molar-refractivity contribution in [2.45, 2.75) is 44.4 Å². The molecule has 4 rings (SSSR count). The third kappa shape index (κ3) is 3.51. The molecule has 0 radical (unpaired) electrons. The Balaban J connectivity index is 1.44. The van der Waals surface area contributed by atoms with E-state index in [1.165, 1.54) is 4.90 Å². The number of rotatable bonds is 6. The number of alkyl halides is 2. The minimum Gasteiger partial charge on any atom is -0.322 e. The van der Waals surface area contributed by atoms with E-state index in [0.29, 0.717) is 31.6 Å². The molecular weight excluding hydrogens is 370 g/mol. The lowest BCUT2D eigenvalue weighted by molar-refractivity contribution is -0.136. The summed E-state index contributed by atoms with van der Waals surface area (Å²) in [6.07, 6.45) is -1.94. The molecule has 3 amide bonds. The SMILES string of the molecule is O=C1CCC(N2Cc3ccc(CNC(C(F)F)C4CNC4)cc3C2=O)C(=O)N1. The molecule has 3 N–H and O–H groups in total. The van der Waals surface area contributed by atoms with Crippen LogP contribution in [0.4, 0.5) is 8.78 Å². The van der Waals surface area contributed by atoms with E-state index in [4.69, 9.17) is 0 Å². The van der Waals surface area contributed by atoms with Gasteiger partial charge in [-0.15, -0.1) is 0 Å². The van der Waals surface area contributed by atoms with Gasteiger partial charge in [0.2, 0.25) is 11.8 Å². The summed E-state index contributed by atoms with van der Waals surface area (Å²) in [6.45, 7) is 1.70. The smallest absolute Gasteiger partial charge is 0.255 e. The lowest BCUT2D eigenvalue weighted by atomic mass is 9.94. The molecular formula is C19H22F2N4O3. The van der Waals surface area contributed by atoms with Crippen LogP contribution in [-0.4, -0.2) is 54.2 Å². The van der Waals surface area contributed by atoms with Crippen molar-refractivity contribution in [2.24, 2.45) is 5.92 Å². The molecule has 1 aromatic rings. The summed E-state index contributed by atoms with van der Waals surface area (Å²) in [7, 11) is 0. The third-order valence-corrected chi connectivity index (χ3v) is 5.73. The third-order valence-electron chi connectivity index (χ3n) is 5.73. The molecule has 2 atom stereocenters. The zero-order chi connectivity index (χ0) is 19.8. The van der Waals surface area contributed by atoms with E-state index in [9.17, 15) is 23.2 Å². The minimum atomic E-state index is -2.45. The van der Waals surface area contributed by atoms with Crippen molar-refractivity contribution in [2.75, 3.05) is 13.1 Å². The molecule has 0 aliphatic carbocycles. The van der Waals surface area contributed by atoms with Gasteiger partial charge in [-0.3, -0.25) is 19.7 Å². The molecule has 7 nitrogen and oxygen atoms in total. The molecule has 2 fully saturated rings. The maximum Gasteiger partial charge on any atom is 0.255 e. The zero-order valence-corrected chi connectivity index (χ0v) is 15.2. The van der Waals surface area contributed by atoms with E-state index in [0.717, 1.165) is 11.1 Å². The predicted molar refractivity (Wildman–Crippen MR) is 95.5 cm³/mol. The van der Waals surface area contributed by atoms with E-state index in [2.05, 4.69) is 16.0 Å². The number of benzene rings is 1. The topological polar surface area (TPSA) is 90.5 Å². The average Bonchev–Trinajstić information content (AvgIpc) is 2.93. The predicted octanol–water partition coefficient (Wildman–Crippen LogP) is 0.390. The molecule has 0 aromatic heterocycles. The molecule has 3 aliphatic heterocycles. The quantitative estimate of drug-likeness (QED) is 0.610. The fourth-order valence-electron chi connectivity index (χ4n) is 3.97. The fourth-order valence-corrected chi connectivity index (χ4v) is 3.97. The van der Waals surface area contributed by atoms with Crippen molar-refractivity contribution in [1.29, 1.82) is 0 Å². The summed E-state index contributed by atoms with van der Waals surface area (Å²) >= 11 is 0. The van der Waals surface area contributed by atoms with Gasteiger partial charge in [0.1, 0.15) is 6.04 Å². The second-order valence-corrected chi connectivity index (χ2v) is 7.55. The first-order valence-electron chi connectivity index (χ1n) is 9.42. The van der Waals surface area contributed by atoms with Crippen LogP contribution in [0.15, 0.2) is 18.2 Å². The minimum absolute atomic E-state index is 0.0981. The number of halogens is 2. The summed E-state index contributed by atoms with van der Waals surface area (Å²) in [5, 5.41) is 8.19. The number of carbonyl (C=O) groups excluding carboxylic acids is 3. The van der Waals surface area contributed by atoms with Crippen molar-refractivity contribution in [3.8, 4) is 0 Å². The van der Waals surface area contributed by atoms with Gasteiger partial charge in [0.25, 0.3) is 12.3 Å². The second kappa shape index (κ2) is 7.56. The molecule has 3 aliphatic rings. The van der Waals surface area contributed by atoms with Crippen molar-refractivity contribution >= 4 is 17.7 Å². The number of hydrogen-bond acceptors (Lipinski definition) is 5. The number of amides is 3. The first-order chi connectivity index (χ1) is 13.4. The number of nitrogens with one attached hydrogen (secondary N) is 3. The van der Waals surface area contributed by atoms with Gasteiger partial charge < -0.3 is 15.5 Å². The molecule has 28 heavy (non-hydrogen) atoms. The second-order valence-electron chi connectivity index (χ2n) is 7.55. The van der Waals surface area contributed by atoms with Crippen LogP contribution in [0.3, 0.4) is 0 Å². The van der Waals surface area contributed by atoms with Crippen LogP contribution in [0.5, 0.6) is 0 Å². The van der Waals surface area contributed by atoms with Gasteiger partial charge in [-0.05, 0) is 23.6 Å². The number of piperidine rings is 1. The Labute approximate surface area is 160 Å².